The van der Waals surface area contributed by atoms with Crippen LogP contribution in [0.2, 0.25) is 0 Å². The van der Waals surface area contributed by atoms with Gasteiger partial charge in [-0.05, 0) is 49.6 Å². The lowest BCUT2D eigenvalue weighted by molar-refractivity contribution is 0.0337. The van der Waals surface area contributed by atoms with E-state index < -0.39 is 0 Å². The first-order chi connectivity index (χ1) is 11.6. The van der Waals surface area contributed by atoms with Gasteiger partial charge in [-0.15, -0.1) is 0 Å². The number of morpholine rings is 1. The standard InChI is InChI=1S/C19H24N2O3/c1-12-9-15-13(2)17(11-21-5-7-23-8-6-21)19(22)24-18(15)14-3-4-20-10-16(12)14/h9,20H,3-8,10-11H2,1-2H3. The molecule has 1 aromatic carbocycles. The molecule has 2 aliphatic rings. The molecule has 0 spiro atoms. The summed E-state index contributed by atoms with van der Waals surface area (Å²) in [5.74, 6) is 0. The highest BCUT2D eigenvalue weighted by Crippen LogP contribution is 2.30. The van der Waals surface area contributed by atoms with Crippen molar-refractivity contribution in [1.82, 2.24) is 10.2 Å². The first-order valence-corrected chi connectivity index (χ1v) is 8.73. The highest BCUT2D eigenvalue weighted by atomic mass is 16.5. The number of fused-ring (bicyclic) bond motifs is 3. The Bertz CT molecular complexity index is 835. The van der Waals surface area contributed by atoms with E-state index in [1.54, 1.807) is 0 Å². The Morgan fingerprint density at radius 2 is 2.00 bits per heavy atom. The molecule has 24 heavy (non-hydrogen) atoms. The van der Waals surface area contributed by atoms with Crippen molar-refractivity contribution >= 4 is 11.0 Å². The number of rotatable bonds is 2. The molecule has 5 nitrogen and oxygen atoms in total. The maximum atomic E-state index is 12.7. The van der Waals surface area contributed by atoms with E-state index in [1.807, 2.05) is 0 Å². The van der Waals surface area contributed by atoms with E-state index >= 15 is 0 Å². The van der Waals surface area contributed by atoms with Crippen LogP contribution in [-0.4, -0.2) is 37.7 Å². The predicted octanol–water partition coefficient (Wildman–Crippen LogP) is 1.89. The molecule has 0 radical (unpaired) electrons. The van der Waals surface area contributed by atoms with Crippen molar-refractivity contribution in [3.05, 3.63) is 44.3 Å². The van der Waals surface area contributed by atoms with Gasteiger partial charge in [0.15, 0.2) is 0 Å². The molecule has 4 rings (SSSR count). The van der Waals surface area contributed by atoms with Crippen LogP contribution in [0.5, 0.6) is 0 Å². The van der Waals surface area contributed by atoms with Crippen molar-refractivity contribution in [1.29, 1.82) is 0 Å². The highest BCUT2D eigenvalue weighted by molar-refractivity contribution is 5.86. The van der Waals surface area contributed by atoms with E-state index in [2.05, 4.69) is 30.1 Å². The zero-order valence-electron chi connectivity index (χ0n) is 14.4. The van der Waals surface area contributed by atoms with Gasteiger partial charge < -0.3 is 14.5 Å². The van der Waals surface area contributed by atoms with Gasteiger partial charge >= 0.3 is 5.63 Å². The van der Waals surface area contributed by atoms with Gasteiger partial charge in [0.05, 0.1) is 18.8 Å². The van der Waals surface area contributed by atoms with E-state index in [9.17, 15) is 4.79 Å². The van der Waals surface area contributed by atoms with Gasteiger partial charge in [0.25, 0.3) is 0 Å². The first-order valence-electron chi connectivity index (χ1n) is 8.73. The Balaban J connectivity index is 1.83. The zero-order chi connectivity index (χ0) is 16.7. The fourth-order valence-corrected chi connectivity index (χ4v) is 3.88. The summed E-state index contributed by atoms with van der Waals surface area (Å²) in [6, 6.07) is 2.18. The van der Waals surface area contributed by atoms with Crippen LogP contribution in [0.1, 0.15) is 27.8 Å². The van der Waals surface area contributed by atoms with Crippen LogP contribution in [0.4, 0.5) is 0 Å². The lowest BCUT2D eigenvalue weighted by atomic mass is 9.92. The number of ether oxygens (including phenoxy) is 1. The summed E-state index contributed by atoms with van der Waals surface area (Å²) < 4.78 is 11.2. The van der Waals surface area contributed by atoms with Gasteiger partial charge in [-0.1, -0.05) is 0 Å². The van der Waals surface area contributed by atoms with Crippen LogP contribution < -0.4 is 10.9 Å². The van der Waals surface area contributed by atoms with Crippen LogP contribution in [0.15, 0.2) is 15.3 Å². The van der Waals surface area contributed by atoms with Crippen LogP contribution in [0.3, 0.4) is 0 Å². The summed E-state index contributed by atoms with van der Waals surface area (Å²) >= 11 is 0. The monoisotopic (exact) mass is 328 g/mol. The zero-order valence-corrected chi connectivity index (χ0v) is 14.4. The van der Waals surface area contributed by atoms with Crippen molar-refractivity contribution in [2.75, 3.05) is 32.8 Å². The molecule has 128 valence electrons. The Kier molecular flexibility index (Phi) is 4.16. The van der Waals surface area contributed by atoms with Gasteiger partial charge in [0.2, 0.25) is 0 Å². The molecule has 0 saturated carbocycles. The lowest BCUT2D eigenvalue weighted by Crippen LogP contribution is -2.37. The van der Waals surface area contributed by atoms with Crippen molar-refractivity contribution < 1.29 is 9.15 Å². The van der Waals surface area contributed by atoms with E-state index in [0.29, 0.717) is 6.54 Å². The van der Waals surface area contributed by atoms with Crippen LogP contribution in [0, 0.1) is 13.8 Å². The molecule has 0 bridgehead atoms. The maximum absolute atomic E-state index is 12.7. The highest BCUT2D eigenvalue weighted by Gasteiger charge is 2.22. The number of nitrogens with zero attached hydrogens (tertiary/aromatic N) is 1. The minimum atomic E-state index is -0.184. The van der Waals surface area contributed by atoms with Crippen molar-refractivity contribution in [2.45, 2.75) is 33.4 Å². The molecule has 0 unspecified atom stereocenters. The third kappa shape index (κ3) is 2.66. The van der Waals surface area contributed by atoms with E-state index in [1.165, 1.54) is 16.7 Å². The van der Waals surface area contributed by atoms with Gasteiger partial charge in [0.1, 0.15) is 5.58 Å². The molecule has 0 aliphatic carbocycles. The lowest BCUT2D eigenvalue weighted by Gasteiger charge is -2.27. The summed E-state index contributed by atoms with van der Waals surface area (Å²) in [4.78, 5) is 14.9. The Morgan fingerprint density at radius 3 is 2.79 bits per heavy atom. The second-order valence-electron chi connectivity index (χ2n) is 6.84. The number of nitrogens with one attached hydrogen (secondary N) is 1. The van der Waals surface area contributed by atoms with Gasteiger partial charge in [-0.3, -0.25) is 4.90 Å². The average Bonchev–Trinajstić information content (AvgIpc) is 2.61. The second kappa shape index (κ2) is 6.31. The minimum absolute atomic E-state index is 0.184. The number of benzene rings is 1. The SMILES string of the molecule is Cc1cc2c(C)c(CN3CCOCC3)c(=O)oc2c2c1CNCC2. The summed E-state index contributed by atoms with van der Waals surface area (Å²) in [6.45, 7) is 9.84. The second-order valence-corrected chi connectivity index (χ2v) is 6.84. The number of aryl methyl sites for hydroxylation is 2. The predicted molar refractivity (Wildman–Crippen MR) is 93.5 cm³/mol. The van der Waals surface area contributed by atoms with E-state index in [0.717, 1.165) is 67.9 Å². The summed E-state index contributed by atoms with van der Waals surface area (Å²) in [7, 11) is 0. The fourth-order valence-electron chi connectivity index (χ4n) is 3.88. The normalized spacial score (nSPS) is 18.8. The Morgan fingerprint density at radius 1 is 1.21 bits per heavy atom. The third-order valence-corrected chi connectivity index (χ3v) is 5.36. The molecule has 5 heteroatoms. The molecule has 1 fully saturated rings. The molecular formula is C19H24N2O3. The topological polar surface area (TPSA) is 54.7 Å². The van der Waals surface area contributed by atoms with Gasteiger partial charge in [0, 0.05) is 37.1 Å². The molecule has 0 amide bonds. The minimum Gasteiger partial charge on any atom is -0.422 e. The first kappa shape index (κ1) is 15.8. The molecule has 2 aromatic rings. The maximum Gasteiger partial charge on any atom is 0.341 e. The van der Waals surface area contributed by atoms with Crippen LogP contribution >= 0.6 is 0 Å². The van der Waals surface area contributed by atoms with Crippen molar-refractivity contribution in [3.63, 3.8) is 0 Å². The van der Waals surface area contributed by atoms with Gasteiger partial charge in [-0.25, -0.2) is 4.79 Å². The van der Waals surface area contributed by atoms with Crippen molar-refractivity contribution in [3.8, 4) is 0 Å². The molecule has 2 aliphatic heterocycles. The van der Waals surface area contributed by atoms with Crippen LogP contribution in [0.25, 0.3) is 11.0 Å². The molecule has 1 aromatic heterocycles. The summed E-state index contributed by atoms with van der Waals surface area (Å²) in [6.07, 6.45) is 0.915. The molecular weight excluding hydrogens is 304 g/mol. The average molecular weight is 328 g/mol. The Hall–Kier alpha value is -1.69. The van der Waals surface area contributed by atoms with Crippen LogP contribution in [-0.2, 0) is 24.2 Å². The van der Waals surface area contributed by atoms with E-state index in [4.69, 9.17) is 9.15 Å². The van der Waals surface area contributed by atoms with Crippen molar-refractivity contribution in [2.24, 2.45) is 0 Å². The Labute approximate surface area is 141 Å². The summed E-state index contributed by atoms with van der Waals surface area (Å²) in [5, 5.41) is 4.50. The number of hydrogen-bond donors (Lipinski definition) is 1. The molecule has 0 atom stereocenters. The molecule has 1 N–H and O–H groups in total. The molecule has 1 saturated heterocycles. The quantitative estimate of drug-likeness (QED) is 0.853. The number of hydrogen-bond acceptors (Lipinski definition) is 5. The fraction of sp³-hybridized carbons (Fsp3) is 0.526. The third-order valence-electron chi connectivity index (χ3n) is 5.36. The summed E-state index contributed by atoms with van der Waals surface area (Å²) in [5.41, 5.74) is 6.24. The largest absolute Gasteiger partial charge is 0.422 e. The van der Waals surface area contributed by atoms with E-state index in [-0.39, 0.29) is 5.63 Å². The van der Waals surface area contributed by atoms with Gasteiger partial charge in [-0.2, -0.15) is 0 Å². The molecule has 3 heterocycles. The smallest absolute Gasteiger partial charge is 0.341 e.